The zero-order chi connectivity index (χ0) is 10.9. The van der Waals surface area contributed by atoms with Crippen molar-refractivity contribution in [2.45, 2.75) is 18.4 Å². The Bertz CT molecular complexity index is 249. The maximum Gasteiger partial charge on any atom is 0.410 e. The van der Waals surface area contributed by atoms with Crippen molar-refractivity contribution in [2.24, 2.45) is 0 Å². The van der Waals surface area contributed by atoms with Gasteiger partial charge in [0, 0.05) is 32.5 Å². The minimum atomic E-state index is -0.279. The first kappa shape index (κ1) is 10.7. The fourth-order valence-electron chi connectivity index (χ4n) is 2.27. The highest BCUT2D eigenvalue weighted by Gasteiger charge is 2.46. The van der Waals surface area contributed by atoms with Gasteiger partial charge in [0.05, 0.1) is 13.2 Å². The van der Waals surface area contributed by atoms with Crippen molar-refractivity contribution >= 4 is 6.09 Å². The molecule has 0 aromatic rings. The van der Waals surface area contributed by atoms with Gasteiger partial charge < -0.3 is 19.6 Å². The molecular weight excluding hydrogens is 196 g/mol. The van der Waals surface area contributed by atoms with Gasteiger partial charge in [-0.05, 0) is 7.05 Å². The van der Waals surface area contributed by atoms with E-state index in [2.05, 4.69) is 11.9 Å². The number of aliphatic hydroxyl groups excluding tert-OH is 1. The molecule has 0 bridgehead atoms. The number of rotatable bonds is 2. The van der Waals surface area contributed by atoms with E-state index in [1.807, 2.05) is 0 Å². The molecule has 0 aromatic heterocycles. The van der Waals surface area contributed by atoms with Gasteiger partial charge in [-0.2, -0.15) is 0 Å². The number of amides is 1. The molecule has 15 heavy (non-hydrogen) atoms. The minimum Gasteiger partial charge on any atom is -0.441 e. The summed E-state index contributed by atoms with van der Waals surface area (Å²) in [6.45, 7) is 2.97. The predicted octanol–water partition coefficient (Wildman–Crippen LogP) is -0.105. The zero-order valence-corrected chi connectivity index (χ0v) is 9.11. The molecule has 2 aliphatic rings. The molecule has 2 heterocycles. The average molecular weight is 214 g/mol. The van der Waals surface area contributed by atoms with Crippen LogP contribution in [0.2, 0.25) is 0 Å². The number of carbonyl (C=O) groups is 1. The fourth-order valence-corrected chi connectivity index (χ4v) is 2.27. The minimum absolute atomic E-state index is 0.00504. The molecule has 0 aliphatic carbocycles. The quantitative estimate of drug-likeness (QED) is 0.697. The molecule has 1 amide bonds. The van der Waals surface area contributed by atoms with E-state index in [0.29, 0.717) is 13.1 Å². The Morgan fingerprint density at radius 1 is 1.47 bits per heavy atom. The lowest BCUT2D eigenvalue weighted by atomic mass is 9.92. The lowest BCUT2D eigenvalue weighted by Gasteiger charge is -2.35. The topological polar surface area (TPSA) is 53.0 Å². The van der Waals surface area contributed by atoms with Gasteiger partial charge in [-0.3, -0.25) is 0 Å². The third-order valence-electron chi connectivity index (χ3n) is 3.31. The van der Waals surface area contributed by atoms with Crippen molar-refractivity contribution in [1.82, 2.24) is 9.80 Å². The number of β-amino-alcohol motifs (C(OH)–C–C–N with tert-alkyl or cyclic N) is 1. The molecule has 0 aromatic carbocycles. The largest absolute Gasteiger partial charge is 0.441 e. The normalized spacial score (nSPS) is 26.0. The van der Waals surface area contributed by atoms with Gasteiger partial charge in [0.1, 0.15) is 5.60 Å². The highest BCUT2D eigenvalue weighted by atomic mass is 16.6. The Morgan fingerprint density at radius 2 is 2.13 bits per heavy atom. The summed E-state index contributed by atoms with van der Waals surface area (Å²) in [6.07, 6.45) is 1.53. The third kappa shape index (κ3) is 2.08. The van der Waals surface area contributed by atoms with E-state index in [4.69, 9.17) is 9.84 Å². The molecule has 5 nitrogen and oxygen atoms in total. The Morgan fingerprint density at radius 3 is 2.73 bits per heavy atom. The Labute approximate surface area is 89.6 Å². The van der Waals surface area contributed by atoms with Gasteiger partial charge >= 0.3 is 6.09 Å². The van der Waals surface area contributed by atoms with Crippen LogP contribution in [0.4, 0.5) is 4.79 Å². The van der Waals surface area contributed by atoms with E-state index in [1.54, 1.807) is 4.90 Å². The summed E-state index contributed by atoms with van der Waals surface area (Å²) in [7, 11) is 2.08. The van der Waals surface area contributed by atoms with E-state index in [1.165, 1.54) is 0 Å². The number of likely N-dealkylation sites (tertiary alicyclic amines) is 1. The number of hydrogen-bond acceptors (Lipinski definition) is 4. The van der Waals surface area contributed by atoms with E-state index < -0.39 is 0 Å². The Balaban J connectivity index is 1.97. The van der Waals surface area contributed by atoms with Crippen LogP contribution in [0.5, 0.6) is 0 Å². The Hall–Kier alpha value is -0.810. The number of carbonyl (C=O) groups excluding carboxylic acids is 1. The van der Waals surface area contributed by atoms with Gasteiger partial charge in [-0.25, -0.2) is 4.79 Å². The van der Waals surface area contributed by atoms with Gasteiger partial charge in [-0.1, -0.05) is 0 Å². The van der Waals surface area contributed by atoms with Crippen molar-refractivity contribution < 1.29 is 14.6 Å². The van der Waals surface area contributed by atoms with Crippen LogP contribution in [-0.2, 0) is 4.74 Å². The standard InChI is InChI=1S/C10H18N2O3/c1-11-4-2-10(3-5-11)8-12(6-7-13)9(14)15-10/h13H,2-8H2,1H3. The molecule has 1 N–H and O–H groups in total. The second-order valence-electron chi connectivity index (χ2n) is 4.50. The van der Waals surface area contributed by atoms with Crippen LogP contribution in [0.25, 0.3) is 0 Å². The number of hydrogen-bond donors (Lipinski definition) is 1. The molecule has 5 heteroatoms. The molecule has 0 atom stereocenters. The molecule has 2 fully saturated rings. The lowest BCUT2D eigenvalue weighted by molar-refractivity contribution is 0.00657. The molecular formula is C10H18N2O3. The maximum absolute atomic E-state index is 11.5. The number of nitrogens with zero attached hydrogens (tertiary/aromatic N) is 2. The summed E-state index contributed by atoms with van der Waals surface area (Å²) in [5.74, 6) is 0. The summed E-state index contributed by atoms with van der Waals surface area (Å²) in [4.78, 5) is 15.3. The van der Waals surface area contributed by atoms with Gasteiger partial charge in [0.25, 0.3) is 0 Å². The first-order valence-electron chi connectivity index (χ1n) is 5.42. The summed E-state index contributed by atoms with van der Waals surface area (Å²) in [6, 6.07) is 0. The van der Waals surface area contributed by atoms with Crippen molar-refractivity contribution in [3.8, 4) is 0 Å². The molecule has 1 spiro atoms. The van der Waals surface area contributed by atoms with Gasteiger partial charge in [0.2, 0.25) is 0 Å². The van der Waals surface area contributed by atoms with Crippen LogP contribution in [0.3, 0.4) is 0 Å². The van der Waals surface area contributed by atoms with Crippen molar-refractivity contribution in [3.05, 3.63) is 0 Å². The predicted molar refractivity (Wildman–Crippen MR) is 54.6 cm³/mol. The average Bonchev–Trinajstić information content (AvgIpc) is 2.50. The highest BCUT2D eigenvalue weighted by Crippen LogP contribution is 2.32. The first-order valence-corrected chi connectivity index (χ1v) is 5.42. The van der Waals surface area contributed by atoms with Crippen LogP contribution in [-0.4, -0.2) is 66.4 Å². The fraction of sp³-hybridized carbons (Fsp3) is 0.900. The molecule has 2 aliphatic heterocycles. The zero-order valence-electron chi connectivity index (χ0n) is 9.11. The van der Waals surface area contributed by atoms with Gasteiger partial charge in [-0.15, -0.1) is 0 Å². The van der Waals surface area contributed by atoms with E-state index in [-0.39, 0.29) is 18.3 Å². The molecule has 2 saturated heterocycles. The first-order chi connectivity index (χ1) is 7.15. The summed E-state index contributed by atoms with van der Waals surface area (Å²) in [5.41, 5.74) is -0.279. The summed E-state index contributed by atoms with van der Waals surface area (Å²) < 4.78 is 5.45. The lowest BCUT2D eigenvalue weighted by Crippen LogP contribution is -2.45. The van der Waals surface area contributed by atoms with Crippen LogP contribution < -0.4 is 0 Å². The number of piperidine rings is 1. The van der Waals surface area contributed by atoms with E-state index in [9.17, 15) is 4.79 Å². The molecule has 2 rings (SSSR count). The van der Waals surface area contributed by atoms with Crippen molar-refractivity contribution in [2.75, 3.05) is 39.8 Å². The number of ether oxygens (including phenoxy) is 1. The van der Waals surface area contributed by atoms with Crippen LogP contribution in [0.15, 0.2) is 0 Å². The molecule has 86 valence electrons. The van der Waals surface area contributed by atoms with Crippen LogP contribution >= 0.6 is 0 Å². The SMILES string of the molecule is CN1CCC2(CC1)CN(CCO)C(=O)O2. The van der Waals surface area contributed by atoms with E-state index >= 15 is 0 Å². The monoisotopic (exact) mass is 214 g/mol. The second kappa shape index (κ2) is 3.98. The van der Waals surface area contributed by atoms with E-state index in [0.717, 1.165) is 25.9 Å². The third-order valence-corrected chi connectivity index (χ3v) is 3.31. The molecule has 0 radical (unpaired) electrons. The Kier molecular flexibility index (Phi) is 2.84. The summed E-state index contributed by atoms with van der Waals surface area (Å²) >= 11 is 0. The van der Waals surface area contributed by atoms with Gasteiger partial charge in [0.15, 0.2) is 0 Å². The summed E-state index contributed by atoms with van der Waals surface area (Å²) in [5, 5.41) is 8.82. The smallest absolute Gasteiger partial charge is 0.410 e. The van der Waals surface area contributed by atoms with Crippen molar-refractivity contribution in [1.29, 1.82) is 0 Å². The van der Waals surface area contributed by atoms with Crippen LogP contribution in [0.1, 0.15) is 12.8 Å². The number of aliphatic hydroxyl groups is 1. The molecule has 0 saturated carbocycles. The second-order valence-corrected chi connectivity index (χ2v) is 4.50. The maximum atomic E-state index is 11.5. The highest BCUT2D eigenvalue weighted by molar-refractivity contribution is 5.70. The van der Waals surface area contributed by atoms with Crippen molar-refractivity contribution in [3.63, 3.8) is 0 Å². The van der Waals surface area contributed by atoms with Crippen LogP contribution in [0, 0.1) is 0 Å². The molecule has 0 unspecified atom stereocenters.